The van der Waals surface area contributed by atoms with Crippen LogP contribution in [0.5, 0.6) is 0 Å². The lowest BCUT2D eigenvalue weighted by molar-refractivity contribution is 0.621. The van der Waals surface area contributed by atoms with Gasteiger partial charge in [-0.15, -0.1) is 0 Å². The molecule has 0 N–H and O–H groups in total. The van der Waals surface area contributed by atoms with E-state index in [1.54, 1.807) is 18.3 Å². The van der Waals surface area contributed by atoms with Crippen molar-refractivity contribution in [1.29, 1.82) is 0 Å². The molecule has 3 heteroatoms. The molecule has 4 aromatic rings. The summed E-state index contributed by atoms with van der Waals surface area (Å²) in [5.41, 5.74) is 3.94. The number of hydrogen-bond donors (Lipinski definition) is 0. The Balaban J connectivity index is 1.87. The Morgan fingerprint density at radius 3 is 2.81 bits per heavy atom. The number of fused-ring (bicyclic) bond motifs is 3. The molecule has 0 aliphatic carbocycles. The Kier molecular flexibility index (Phi) is 3.19. The molecule has 132 valence electrons. The molecule has 0 saturated heterocycles. The SMILES string of the molecule is [2H]C([2H])([2H])C([2H])(C)c1ccnc(-c2cccc3c2oc2nc(CC(C)C)ccc23)c1. The zero-order chi connectivity index (χ0) is 21.7. The normalized spacial score (nSPS) is 16.9. The number of para-hydroxylation sites is 1. The molecule has 3 heterocycles. The van der Waals surface area contributed by atoms with Gasteiger partial charge in [-0.25, -0.2) is 4.98 Å². The van der Waals surface area contributed by atoms with Gasteiger partial charge in [0, 0.05) is 33.7 Å². The number of pyridine rings is 2. The van der Waals surface area contributed by atoms with E-state index in [1.165, 1.54) is 6.92 Å². The summed E-state index contributed by atoms with van der Waals surface area (Å²) in [6.45, 7) is 3.26. The highest BCUT2D eigenvalue weighted by Crippen LogP contribution is 2.35. The minimum atomic E-state index is -2.45. The van der Waals surface area contributed by atoms with Crippen LogP contribution in [0, 0.1) is 5.92 Å². The average Bonchev–Trinajstić information content (AvgIpc) is 3.04. The third-order valence-electron chi connectivity index (χ3n) is 4.51. The van der Waals surface area contributed by atoms with Crippen molar-refractivity contribution in [3.63, 3.8) is 0 Å². The van der Waals surface area contributed by atoms with E-state index in [0.717, 1.165) is 28.5 Å². The van der Waals surface area contributed by atoms with E-state index in [2.05, 4.69) is 23.8 Å². The van der Waals surface area contributed by atoms with Crippen LogP contribution in [-0.2, 0) is 6.42 Å². The van der Waals surface area contributed by atoms with Crippen molar-refractivity contribution >= 4 is 22.1 Å². The van der Waals surface area contributed by atoms with Gasteiger partial charge < -0.3 is 4.42 Å². The van der Waals surface area contributed by atoms with E-state index >= 15 is 0 Å². The largest absolute Gasteiger partial charge is 0.437 e. The van der Waals surface area contributed by atoms with Gasteiger partial charge in [0.2, 0.25) is 5.71 Å². The summed E-state index contributed by atoms with van der Waals surface area (Å²) in [7, 11) is 0. The van der Waals surface area contributed by atoms with Crippen LogP contribution in [0.2, 0.25) is 0 Å². The zero-order valence-electron chi connectivity index (χ0n) is 19.2. The summed E-state index contributed by atoms with van der Waals surface area (Å²) in [6.07, 6.45) is 2.42. The van der Waals surface area contributed by atoms with E-state index < -0.39 is 12.7 Å². The summed E-state index contributed by atoms with van der Waals surface area (Å²) >= 11 is 0. The van der Waals surface area contributed by atoms with Gasteiger partial charge in [-0.1, -0.05) is 39.8 Å². The summed E-state index contributed by atoms with van der Waals surface area (Å²) in [5, 5.41) is 1.87. The highest BCUT2D eigenvalue weighted by molar-refractivity contribution is 6.08. The lowest BCUT2D eigenvalue weighted by Crippen LogP contribution is -1.96. The minimum Gasteiger partial charge on any atom is -0.437 e. The van der Waals surface area contributed by atoms with E-state index in [9.17, 15) is 0 Å². The molecule has 0 bridgehead atoms. The Hall–Kier alpha value is -2.68. The first-order valence-corrected chi connectivity index (χ1v) is 8.86. The van der Waals surface area contributed by atoms with Gasteiger partial charge in [-0.2, -0.15) is 0 Å². The highest BCUT2D eigenvalue weighted by atomic mass is 16.3. The fourth-order valence-electron chi connectivity index (χ4n) is 3.26. The molecule has 0 spiro atoms. The predicted molar refractivity (Wildman–Crippen MR) is 107 cm³/mol. The molecule has 0 aliphatic rings. The van der Waals surface area contributed by atoms with Crippen LogP contribution >= 0.6 is 0 Å². The van der Waals surface area contributed by atoms with E-state index in [0.29, 0.717) is 28.5 Å². The highest BCUT2D eigenvalue weighted by Gasteiger charge is 2.15. The van der Waals surface area contributed by atoms with Gasteiger partial charge in [-0.3, -0.25) is 4.98 Å². The second-order valence-electron chi connectivity index (χ2n) is 7.09. The van der Waals surface area contributed by atoms with Crippen molar-refractivity contribution in [2.45, 2.75) is 39.9 Å². The standard InChI is InChI=1S/C23H24N2O/c1-14(2)12-17-8-9-19-18-6-5-7-20(22(18)26-23(19)25-17)21-13-16(15(3)4)10-11-24-21/h5-11,13-15H,12H2,1-4H3/i3D3,15D. The van der Waals surface area contributed by atoms with Crippen molar-refractivity contribution in [2.75, 3.05) is 0 Å². The van der Waals surface area contributed by atoms with Gasteiger partial charge in [-0.05, 0) is 54.1 Å². The number of nitrogens with zero attached hydrogens (tertiary/aromatic N) is 2. The monoisotopic (exact) mass is 348 g/mol. The molecular weight excluding hydrogens is 320 g/mol. The summed E-state index contributed by atoms with van der Waals surface area (Å²) in [5.74, 6) is -1.24. The molecule has 0 amide bonds. The molecule has 0 saturated carbocycles. The second kappa shape index (κ2) is 6.56. The maximum absolute atomic E-state index is 8.38. The molecule has 1 unspecified atom stereocenters. The Morgan fingerprint density at radius 2 is 2.00 bits per heavy atom. The topological polar surface area (TPSA) is 38.9 Å². The third kappa shape index (κ3) is 2.98. The Bertz CT molecular complexity index is 1230. The molecule has 26 heavy (non-hydrogen) atoms. The molecule has 4 rings (SSSR count). The number of benzene rings is 1. The molecular formula is C23H24N2O. The van der Waals surface area contributed by atoms with Crippen LogP contribution in [0.4, 0.5) is 0 Å². The fraction of sp³-hybridized carbons (Fsp3) is 0.304. The van der Waals surface area contributed by atoms with E-state index in [1.807, 2.05) is 30.3 Å². The van der Waals surface area contributed by atoms with Crippen LogP contribution in [0.25, 0.3) is 33.3 Å². The third-order valence-corrected chi connectivity index (χ3v) is 4.51. The molecule has 1 atom stereocenters. The molecule has 0 fully saturated rings. The quantitative estimate of drug-likeness (QED) is 0.430. The van der Waals surface area contributed by atoms with Crippen molar-refractivity contribution < 1.29 is 9.90 Å². The number of aromatic nitrogens is 2. The molecule has 0 aliphatic heterocycles. The van der Waals surface area contributed by atoms with Crippen LogP contribution in [0.3, 0.4) is 0 Å². The van der Waals surface area contributed by atoms with Gasteiger partial charge in [0.05, 0.1) is 5.69 Å². The summed E-state index contributed by atoms with van der Waals surface area (Å²) in [4.78, 5) is 9.12. The van der Waals surface area contributed by atoms with Gasteiger partial charge in [0.15, 0.2) is 0 Å². The molecule has 3 nitrogen and oxygen atoms in total. The summed E-state index contributed by atoms with van der Waals surface area (Å²) < 4.78 is 37.7. The van der Waals surface area contributed by atoms with Crippen molar-refractivity contribution in [1.82, 2.24) is 9.97 Å². The lowest BCUT2D eigenvalue weighted by atomic mass is 10.0. The number of furan rings is 1. The fourth-order valence-corrected chi connectivity index (χ4v) is 3.26. The van der Waals surface area contributed by atoms with Crippen LogP contribution in [0.1, 0.15) is 50.3 Å². The van der Waals surface area contributed by atoms with E-state index in [-0.39, 0.29) is 0 Å². The maximum Gasteiger partial charge on any atom is 0.227 e. The van der Waals surface area contributed by atoms with Crippen molar-refractivity contribution in [2.24, 2.45) is 5.92 Å². The van der Waals surface area contributed by atoms with Gasteiger partial charge >= 0.3 is 0 Å². The van der Waals surface area contributed by atoms with E-state index in [4.69, 9.17) is 9.90 Å². The number of hydrogen-bond acceptors (Lipinski definition) is 3. The molecule has 3 aromatic heterocycles. The first-order valence-electron chi connectivity index (χ1n) is 10.9. The lowest BCUT2D eigenvalue weighted by Gasteiger charge is -2.07. The first kappa shape index (κ1) is 12.6. The average molecular weight is 348 g/mol. The second-order valence-corrected chi connectivity index (χ2v) is 7.09. The smallest absolute Gasteiger partial charge is 0.227 e. The Morgan fingerprint density at radius 1 is 1.12 bits per heavy atom. The van der Waals surface area contributed by atoms with Crippen molar-refractivity contribution in [3.05, 3.63) is 59.9 Å². The summed E-state index contributed by atoms with van der Waals surface area (Å²) in [6, 6.07) is 13.1. The maximum atomic E-state index is 8.38. The zero-order valence-corrected chi connectivity index (χ0v) is 15.2. The van der Waals surface area contributed by atoms with Crippen LogP contribution in [0.15, 0.2) is 53.1 Å². The van der Waals surface area contributed by atoms with Crippen LogP contribution < -0.4 is 0 Å². The van der Waals surface area contributed by atoms with Gasteiger partial charge in [0.25, 0.3) is 0 Å². The molecule has 0 radical (unpaired) electrons. The predicted octanol–water partition coefficient (Wildman–Crippen LogP) is 6.36. The molecule has 1 aromatic carbocycles. The minimum absolute atomic E-state index is 0.387. The van der Waals surface area contributed by atoms with Crippen molar-refractivity contribution in [3.8, 4) is 11.3 Å². The van der Waals surface area contributed by atoms with Gasteiger partial charge in [0.1, 0.15) is 5.58 Å². The first-order chi connectivity index (χ1) is 14.1. The number of rotatable bonds is 4. The Labute approximate surface area is 159 Å². The van der Waals surface area contributed by atoms with Crippen LogP contribution in [-0.4, -0.2) is 9.97 Å².